The van der Waals surface area contributed by atoms with Crippen molar-refractivity contribution in [2.24, 2.45) is 0 Å². The van der Waals surface area contributed by atoms with Crippen LogP contribution in [0.4, 0.5) is 18.9 Å². The molecule has 0 saturated carbocycles. The fourth-order valence-corrected chi connectivity index (χ4v) is 2.70. The molecule has 0 aliphatic carbocycles. The Bertz CT molecular complexity index is 982. The number of benzene rings is 2. The summed E-state index contributed by atoms with van der Waals surface area (Å²) in [6.45, 7) is 0. The SMILES string of the molecule is O=Cc1ccc(-c2ccc(NC(=O)Cc3ccccc3C(F)(F)F)cn2)cc1. The predicted octanol–water partition coefficient (Wildman–Crippen LogP) is 4.76. The number of aldehydes is 1. The first-order valence-corrected chi connectivity index (χ1v) is 8.33. The normalized spacial score (nSPS) is 11.1. The van der Waals surface area contributed by atoms with Gasteiger partial charge in [0.15, 0.2) is 0 Å². The zero-order valence-electron chi connectivity index (χ0n) is 14.5. The topological polar surface area (TPSA) is 59.1 Å². The van der Waals surface area contributed by atoms with E-state index in [1.807, 2.05) is 0 Å². The van der Waals surface area contributed by atoms with E-state index in [0.29, 0.717) is 16.9 Å². The van der Waals surface area contributed by atoms with Crippen molar-refractivity contribution in [3.8, 4) is 11.3 Å². The second-order valence-electron chi connectivity index (χ2n) is 6.05. The number of carbonyl (C=O) groups excluding carboxylic acids is 2. The van der Waals surface area contributed by atoms with Crippen LogP contribution in [0.15, 0.2) is 66.9 Å². The zero-order valence-corrected chi connectivity index (χ0v) is 14.5. The Balaban J connectivity index is 1.69. The number of rotatable bonds is 5. The van der Waals surface area contributed by atoms with Gasteiger partial charge in [-0.1, -0.05) is 42.5 Å². The number of hydrogen-bond donors (Lipinski definition) is 1. The second-order valence-corrected chi connectivity index (χ2v) is 6.05. The highest BCUT2D eigenvalue weighted by Crippen LogP contribution is 2.32. The molecule has 0 aliphatic rings. The average Bonchev–Trinajstić information content (AvgIpc) is 2.68. The van der Waals surface area contributed by atoms with Crippen LogP contribution in [-0.4, -0.2) is 17.2 Å². The number of nitrogens with zero attached hydrogens (tertiary/aromatic N) is 1. The number of nitrogens with one attached hydrogen (secondary N) is 1. The summed E-state index contributed by atoms with van der Waals surface area (Å²) in [5.74, 6) is -0.568. The fourth-order valence-electron chi connectivity index (χ4n) is 2.70. The van der Waals surface area contributed by atoms with Crippen molar-refractivity contribution in [3.05, 3.63) is 83.6 Å². The van der Waals surface area contributed by atoms with Crippen LogP contribution in [0.2, 0.25) is 0 Å². The summed E-state index contributed by atoms with van der Waals surface area (Å²) in [5, 5.41) is 2.55. The average molecular weight is 384 g/mol. The molecule has 3 rings (SSSR count). The Morgan fingerprint density at radius 3 is 2.32 bits per heavy atom. The van der Waals surface area contributed by atoms with Crippen molar-refractivity contribution in [1.29, 1.82) is 0 Å². The number of alkyl halides is 3. The Labute approximate surface area is 159 Å². The Morgan fingerprint density at radius 1 is 1.00 bits per heavy atom. The van der Waals surface area contributed by atoms with E-state index in [1.54, 1.807) is 36.4 Å². The third-order valence-electron chi connectivity index (χ3n) is 4.06. The minimum atomic E-state index is -4.51. The van der Waals surface area contributed by atoms with E-state index in [4.69, 9.17) is 0 Å². The van der Waals surface area contributed by atoms with Gasteiger partial charge in [-0.15, -0.1) is 0 Å². The van der Waals surface area contributed by atoms with Gasteiger partial charge < -0.3 is 5.32 Å². The van der Waals surface area contributed by atoms with E-state index in [-0.39, 0.29) is 5.56 Å². The molecule has 0 fully saturated rings. The first-order valence-electron chi connectivity index (χ1n) is 8.33. The molecule has 0 spiro atoms. The van der Waals surface area contributed by atoms with Gasteiger partial charge in [-0.2, -0.15) is 13.2 Å². The van der Waals surface area contributed by atoms with Crippen molar-refractivity contribution >= 4 is 17.9 Å². The summed E-state index contributed by atoms with van der Waals surface area (Å²) in [6, 6.07) is 15.1. The maximum Gasteiger partial charge on any atom is 0.416 e. The number of carbonyl (C=O) groups is 2. The number of aromatic nitrogens is 1. The zero-order chi connectivity index (χ0) is 20.1. The van der Waals surface area contributed by atoms with Gasteiger partial charge in [0, 0.05) is 11.1 Å². The quantitative estimate of drug-likeness (QED) is 0.645. The lowest BCUT2D eigenvalue weighted by Gasteiger charge is -2.12. The van der Waals surface area contributed by atoms with Crippen LogP contribution in [0.1, 0.15) is 21.5 Å². The van der Waals surface area contributed by atoms with Gasteiger partial charge in [-0.3, -0.25) is 14.6 Å². The molecule has 0 unspecified atom stereocenters. The van der Waals surface area contributed by atoms with Gasteiger partial charge in [0.25, 0.3) is 0 Å². The maximum absolute atomic E-state index is 13.0. The lowest BCUT2D eigenvalue weighted by Crippen LogP contribution is -2.18. The highest BCUT2D eigenvalue weighted by atomic mass is 19.4. The summed E-state index contributed by atoms with van der Waals surface area (Å²) in [5.41, 5.74) is 1.44. The van der Waals surface area contributed by atoms with Gasteiger partial charge >= 0.3 is 6.18 Å². The molecule has 0 saturated heterocycles. The van der Waals surface area contributed by atoms with E-state index >= 15 is 0 Å². The van der Waals surface area contributed by atoms with Gasteiger partial charge in [0.05, 0.1) is 29.6 Å². The Morgan fingerprint density at radius 2 is 1.71 bits per heavy atom. The minimum Gasteiger partial charge on any atom is -0.324 e. The summed E-state index contributed by atoms with van der Waals surface area (Å²) in [4.78, 5) is 27.1. The van der Waals surface area contributed by atoms with Gasteiger partial charge in [-0.05, 0) is 23.8 Å². The third-order valence-corrected chi connectivity index (χ3v) is 4.06. The van der Waals surface area contributed by atoms with Crippen molar-refractivity contribution in [2.75, 3.05) is 5.32 Å². The smallest absolute Gasteiger partial charge is 0.324 e. The number of amides is 1. The van der Waals surface area contributed by atoms with Gasteiger partial charge in [0.1, 0.15) is 6.29 Å². The molecule has 0 radical (unpaired) electrons. The monoisotopic (exact) mass is 384 g/mol. The molecule has 0 aliphatic heterocycles. The number of pyridine rings is 1. The molecule has 1 aromatic heterocycles. The largest absolute Gasteiger partial charge is 0.416 e. The van der Waals surface area contributed by atoms with Crippen LogP contribution < -0.4 is 5.32 Å². The second kappa shape index (κ2) is 8.04. The molecule has 0 atom stereocenters. The summed E-state index contributed by atoms with van der Waals surface area (Å²) in [6.07, 6.45) is -2.74. The van der Waals surface area contributed by atoms with Crippen LogP contribution in [0.25, 0.3) is 11.3 Å². The highest BCUT2D eigenvalue weighted by Gasteiger charge is 2.33. The molecular formula is C21H15F3N2O2. The van der Waals surface area contributed by atoms with E-state index in [2.05, 4.69) is 10.3 Å². The van der Waals surface area contributed by atoms with Crippen LogP contribution in [0.3, 0.4) is 0 Å². The van der Waals surface area contributed by atoms with Crippen LogP contribution >= 0.6 is 0 Å². The van der Waals surface area contributed by atoms with E-state index in [9.17, 15) is 22.8 Å². The van der Waals surface area contributed by atoms with E-state index in [0.717, 1.165) is 17.9 Å². The van der Waals surface area contributed by atoms with Gasteiger partial charge in [0.2, 0.25) is 5.91 Å². The molecule has 1 amide bonds. The Hall–Kier alpha value is -3.48. The first kappa shape index (κ1) is 19.3. The van der Waals surface area contributed by atoms with Gasteiger partial charge in [-0.25, -0.2) is 0 Å². The standard InChI is InChI=1S/C21H15F3N2O2/c22-21(23,24)18-4-2-1-3-16(18)11-20(28)26-17-9-10-19(25-12-17)15-7-5-14(13-27)6-8-15/h1-10,12-13H,11H2,(H,26,28). The predicted molar refractivity (Wildman–Crippen MR) is 98.8 cm³/mol. The fraction of sp³-hybridized carbons (Fsp3) is 0.0952. The van der Waals surface area contributed by atoms with E-state index < -0.39 is 24.1 Å². The molecule has 142 valence electrons. The highest BCUT2D eigenvalue weighted by molar-refractivity contribution is 5.92. The van der Waals surface area contributed by atoms with Crippen molar-refractivity contribution in [2.45, 2.75) is 12.6 Å². The first-order chi connectivity index (χ1) is 13.4. The lowest BCUT2D eigenvalue weighted by molar-refractivity contribution is -0.138. The molecule has 7 heteroatoms. The maximum atomic E-state index is 13.0. The molecule has 0 bridgehead atoms. The molecule has 2 aromatic carbocycles. The lowest BCUT2D eigenvalue weighted by atomic mass is 10.0. The van der Waals surface area contributed by atoms with Crippen molar-refractivity contribution < 1.29 is 22.8 Å². The van der Waals surface area contributed by atoms with E-state index in [1.165, 1.54) is 24.4 Å². The van der Waals surface area contributed by atoms with Crippen molar-refractivity contribution in [1.82, 2.24) is 4.98 Å². The van der Waals surface area contributed by atoms with Crippen LogP contribution in [0.5, 0.6) is 0 Å². The molecule has 1 N–H and O–H groups in total. The minimum absolute atomic E-state index is 0.0904. The summed E-state index contributed by atoms with van der Waals surface area (Å²) >= 11 is 0. The molecule has 3 aromatic rings. The third kappa shape index (κ3) is 4.62. The van der Waals surface area contributed by atoms with Crippen LogP contribution in [0, 0.1) is 0 Å². The molecule has 28 heavy (non-hydrogen) atoms. The summed E-state index contributed by atoms with van der Waals surface area (Å²) in [7, 11) is 0. The molecular weight excluding hydrogens is 369 g/mol. The van der Waals surface area contributed by atoms with Crippen molar-refractivity contribution in [3.63, 3.8) is 0 Å². The summed E-state index contributed by atoms with van der Waals surface area (Å²) < 4.78 is 39.1. The van der Waals surface area contributed by atoms with Crippen LogP contribution in [-0.2, 0) is 17.4 Å². The number of hydrogen-bond acceptors (Lipinski definition) is 3. The Kier molecular flexibility index (Phi) is 5.54. The molecule has 4 nitrogen and oxygen atoms in total. The molecule has 1 heterocycles. The number of halogens is 3. The number of anilines is 1.